The summed E-state index contributed by atoms with van der Waals surface area (Å²) in [5.41, 5.74) is 4.67. The molecule has 33 heavy (non-hydrogen) atoms. The van der Waals surface area contributed by atoms with Crippen molar-refractivity contribution in [3.8, 4) is 11.8 Å². The number of ketones is 1. The fourth-order valence-electron chi connectivity index (χ4n) is 3.65. The number of anilines is 1. The summed E-state index contributed by atoms with van der Waals surface area (Å²) in [6, 6.07) is 24.4. The van der Waals surface area contributed by atoms with Crippen LogP contribution in [0, 0.1) is 11.8 Å². The van der Waals surface area contributed by atoms with E-state index >= 15 is 0 Å². The standard InChI is InChI=1S/C29H26N2O2/c1-20(32)22-9-7-10-25(18-22)30-28(33)31-26(19-23-8-5-6-11-27(23)31)17-14-21-12-15-24(16-13-21)29(2,3)4/h5-13,15-16,18-19H,1-4H3,(H,30,33). The summed E-state index contributed by atoms with van der Waals surface area (Å²) in [6.45, 7) is 8.03. The number of carbonyl (C=O) groups is 2. The first-order valence-electron chi connectivity index (χ1n) is 10.9. The minimum absolute atomic E-state index is 0.0541. The van der Waals surface area contributed by atoms with Crippen LogP contribution in [-0.4, -0.2) is 16.4 Å². The highest BCUT2D eigenvalue weighted by Gasteiger charge is 2.15. The quantitative estimate of drug-likeness (QED) is 0.285. The van der Waals surface area contributed by atoms with Crippen molar-refractivity contribution in [3.05, 3.63) is 101 Å². The molecule has 0 aliphatic heterocycles. The van der Waals surface area contributed by atoms with Crippen molar-refractivity contribution in [2.45, 2.75) is 33.1 Å². The molecule has 4 aromatic rings. The lowest BCUT2D eigenvalue weighted by atomic mass is 9.87. The fraction of sp³-hybridized carbons (Fsp3) is 0.172. The molecule has 3 aromatic carbocycles. The highest BCUT2D eigenvalue weighted by molar-refractivity contribution is 6.01. The van der Waals surface area contributed by atoms with E-state index in [1.807, 2.05) is 42.5 Å². The SMILES string of the molecule is CC(=O)c1cccc(NC(=O)n2c(C#Cc3ccc(C(C)(C)C)cc3)cc3ccccc32)c1. The van der Waals surface area contributed by atoms with E-state index in [9.17, 15) is 9.59 Å². The van der Waals surface area contributed by atoms with Crippen molar-refractivity contribution in [2.75, 3.05) is 5.32 Å². The Kier molecular flexibility index (Phi) is 5.89. The highest BCUT2D eigenvalue weighted by atomic mass is 16.2. The molecule has 1 N–H and O–H groups in total. The summed E-state index contributed by atoms with van der Waals surface area (Å²) in [5.74, 6) is 6.31. The van der Waals surface area contributed by atoms with Gasteiger partial charge in [0.25, 0.3) is 0 Å². The zero-order valence-corrected chi connectivity index (χ0v) is 19.3. The second kappa shape index (κ2) is 8.80. The van der Waals surface area contributed by atoms with E-state index in [0.717, 1.165) is 16.5 Å². The number of fused-ring (bicyclic) bond motifs is 1. The van der Waals surface area contributed by atoms with E-state index < -0.39 is 0 Å². The molecule has 0 atom stereocenters. The minimum atomic E-state index is -0.329. The first kappa shape index (κ1) is 22.1. The van der Waals surface area contributed by atoms with Gasteiger partial charge in [0.1, 0.15) is 5.69 Å². The molecule has 0 aliphatic carbocycles. The van der Waals surface area contributed by atoms with Crippen molar-refractivity contribution in [1.29, 1.82) is 0 Å². The van der Waals surface area contributed by atoms with Crippen molar-refractivity contribution < 1.29 is 9.59 Å². The molecule has 1 amide bonds. The summed E-state index contributed by atoms with van der Waals surface area (Å²) in [4.78, 5) is 25.0. The second-order valence-electron chi connectivity index (χ2n) is 9.07. The number of hydrogen-bond acceptors (Lipinski definition) is 2. The molecular weight excluding hydrogens is 408 g/mol. The molecule has 0 unspecified atom stereocenters. The van der Waals surface area contributed by atoms with E-state index in [2.05, 4.69) is 50.1 Å². The Morgan fingerprint density at radius 3 is 2.27 bits per heavy atom. The Morgan fingerprint density at radius 2 is 1.58 bits per heavy atom. The van der Waals surface area contributed by atoms with Crippen molar-refractivity contribution in [3.63, 3.8) is 0 Å². The van der Waals surface area contributed by atoms with Gasteiger partial charge < -0.3 is 5.32 Å². The summed E-state index contributed by atoms with van der Waals surface area (Å²) in [7, 11) is 0. The smallest absolute Gasteiger partial charge is 0.307 e. The van der Waals surface area contributed by atoms with Crippen molar-refractivity contribution in [2.24, 2.45) is 0 Å². The van der Waals surface area contributed by atoms with Crippen LogP contribution in [0.3, 0.4) is 0 Å². The van der Waals surface area contributed by atoms with Crippen LogP contribution < -0.4 is 5.32 Å². The fourth-order valence-corrected chi connectivity index (χ4v) is 3.65. The molecule has 0 bridgehead atoms. The molecule has 0 fully saturated rings. The topological polar surface area (TPSA) is 51.1 Å². The maximum absolute atomic E-state index is 13.3. The van der Waals surface area contributed by atoms with Gasteiger partial charge >= 0.3 is 6.03 Å². The summed E-state index contributed by atoms with van der Waals surface area (Å²) >= 11 is 0. The van der Waals surface area contributed by atoms with E-state index in [-0.39, 0.29) is 17.2 Å². The van der Waals surface area contributed by atoms with Gasteiger partial charge in [0.2, 0.25) is 0 Å². The first-order chi connectivity index (χ1) is 15.7. The van der Waals surface area contributed by atoms with Crippen LogP contribution in [0.15, 0.2) is 78.9 Å². The Balaban J connectivity index is 1.70. The predicted octanol–water partition coefficient (Wildman–Crippen LogP) is 6.62. The summed E-state index contributed by atoms with van der Waals surface area (Å²) in [6.07, 6.45) is 0. The number of amides is 1. The van der Waals surface area contributed by atoms with Gasteiger partial charge in [-0.1, -0.05) is 69.2 Å². The molecule has 0 aliphatic rings. The van der Waals surface area contributed by atoms with Gasteiger partial charge in [0, 0.05) is 22.2 Å². The number of carbonyl (C=O) groups excluding carboxylic acids is 2. The Hall–Kier alpha value is -4.10. The average Bonchev–Trinajstić information content (AvgIpc) is 3.16. The third-order valence-electron chi connectivity index (χ3n) is 5.52. The number of aromatic nitrogens is 1. The molecule has 0 saturated heterocycles. The lowest BCUT2D eigenvalue weighted by molar-refractivity contribution is 0.101. The number of hydrogen-bond donors (Lipinski definition) is 1. The largest absolute Gasteiger partial charge is 0.331 e. The Bertz CT molecular complexity index is 1410. The highest BCUT2D eigenvalue weighted by Crippen LogP contribution is 2.23. The number of rotatable bonds is 2. The monoisotopic (exact) mass is 434 g/mol. The second-order valence-corrected chi connectivity index (χ2v) is 9.07. The minimum Gasteiger partial charge on any atom is -0.307 e. The van der Waals surface area contributed by atoms with Crippen LogP contribution in [0.4, 0.5) is 10.5 Å². The van der Waals surface area contributed by atoms with E-state index in [0.29, 0.717) is 16.9 Å². The van der Waals surface area contributed by atoms with Crippen molar-refractivity contribution >= 4 is 28.4 Å². The van der Waals surface area contributed by atoms with Crippen LogP contribution in [-0.2, 0) is 5.41 Å². The molecule has 4 rings (SSSR count). The Labute approximate surface area is 194 Å². The van der Waals surface area contributed by atoms with Gasteiger partial charge in [-0.05, 0) is 60.2 Å². The molecule has 1 aromatic heterocycles. The van der Waals surface area contributed by atoms with Crippen LogP contribution >= 0.6 is 0 Å². The predicted molar refractivity (Wildman–Crippen MR) is 134 cm³/mol. The van der Waals surface area contributed by atoms with Gasteiger partial charge in [0.05, 0.1) is 5.52 Å². The molecular formula is C29H26N2O2. The summed E-state index contributed by atoms with van der Waals surface area (Å²) in [5, 5.41) is 3.83. The molecule has 4 nitrogen and oxygen atoms in total. The van der Waals surface area contributed by atoms with Crippen molar-refractivity contribution in [1.82, 2.24) is 4.57 Å². The number of nitrogens with one attached hydrogen (secondary N) is 1. The Morgan fingerprint density at radius 1 is 0.848 bits per heavy atom. The van der Waals surface area contributed by atoms with Crippen LogP contribution in [0.5, 0.6) is 0 Å². The maximum Gasteiger partial charge on any atom is 0.331 e. The van der Waals surface area contributed by atoms with Gasteiger partial charge in [-0.2, -0.15) is 0 Å². The first-order valence-corrected chi connectivity index (χ1v) is 10.9. The molecule has 1 heterocycles. The molecule has 0 saturated carbocycles. The zero-order valence-electron chi connectivity index (χ0n) is 19.3. The van der Waals surface area contributed by atoms with E-state index in [4.69, 9.17) is 0 Å². The number of Topliss-reactive ketones (excluding diaryl/α,β-unsaturated/α-hetero) is 1. The normalized spacial score (nSPS) is 11.0. The van der Waals surface area contributed by atoms with Gasteiger partial charge in [-0.25, -0.2) is 4.79 Å². The third-order valence-corrected chi connectivity index (χ3v) is 5.52. The van der Waals surface area contributed by atoms with Crippen LogP contribution in [0.1, 0.15) is 54.9 Å². The lowest BCUT2D eigenvalue weighted by Gasteiger charge is -2.18. The molecule has 0 radical (unpaired) electrons. The van der Waals surface area contributed by atoms with E-state index in [1.54, 1.807) is 28.8 Å². The average molecular weight is 435 g/mol. The van der Waals surface area contributed by atoms with Gasteiger partial charge in [-0.15, -0.1) is 0 Å². The summed E-state index contributed by atoms with van der Waals surface area (Å²) < 4.78 is 1.58. The zero-order chi connectivity index (χ0) is 23.6. The lowest BCUT2D eigenvalue weighted by Crippen LogP contribution is -2.20. The number of nitrogens with zero attached hydrogens (tertiary/aromatic N) is 1. The van der Waals surface area contributed by atoms with Gasteiger partial charge in [0.15, 0.2) is 5.78 Å². The van der Waals surface area contributed by atoms with E-state index in [1.165, 1.54) is 12.5 Å². The van der Waals surface area contributed by atoms with Crippen LogP contribution in [0.25, 0.3) is 10.9 Å². The number of benzene rings is 3. The molecule has 0 spiro atoms. The molecule has 164 valence electrons. The third kappa shape index (κ3) is 4.88. The number of para-hydroxylation sites is 1. The van der Waals surface area contributed by atoms with Crippen LogP contribution in [0.2, 0.25) is 0 Å². The van der Waals surface area contributed by atoms with Gasteiger partial charge in [-0.3, -0.25) is 9.36 Å². The maximum atomic E-state index is 13.3. The molecule has 4 heteroatoms.